The van der Waals surface area contributed by atoms with Crippen molar-refractivity contribution in [3.05, 3.63) is 54.9 Å². The van der Waals surface area contributed by atoms with Gasteiger partial charge in [0.2, 0.25) is 10.0 Å². The first-order valence-corrected chi connectivity index (χ1v) is 12.3. The normalized spacial score (nSPS) is 15.7. The Hall–Kier alpha value is -2.83. The van der Waals surface area contributed by atoms with Gasteiger partial charge in [-0.2, -0.15) is 4.31 Å². The van der Waals surface area contributed by atoms with Gasteiger partial charge in [0.25, 0.3) is 10.0 Å². The summed E-state index contributed by atoms with van der Waals surface area (Å²) in [5.41, 5.74) is 1.03. The Morgan fingerprint density at radius 1 is 0.800 bits per heavy atom. The van der Waals surface area contributed by atoms with Gasteiger partial charge < -0.3 is 0 Å². The van der Waals surface area contributed by atoms with E-state index in [1.165, 1.54) is 39.6 Å². The van der Waals surface area contributed by atoms with Crippen LogP contribution in [0.4, 0.5) is 5.69 Å². The third-order valence-electron chi connectivity index (χ3n) is 4.82. The number of hydrogen-bond acceptors (Lipinski definition) is 7. The van der Waals surface area contributed by atoms with Crippen molar-refractivity contribution in [1.82, 2.24) is 24.5 Å². The fourth-order valence-electron chi connectivity index (χ4n) is 3.22. The number of piperidine rings is 1. The second-order valence-electron chi connectivity index (χ2n) is 6.84. The molecule has 3 aromatic rings. The first-order chi connectivity index (χ1) is 14.4. The molecule has 1 aliphatic heterocycles. The Bertz CT molecular complexity index is 1200. The quantitative estimate of drug-likeness (QED) is 0.607. The molecule has 0 radical (unpaired) electrons. The lowest BCUT2D eigenvalue weighted by molar-refractivity contribution is 0.346. The molecule has 0 saturated carbocycles. The number of benzene rings is 2. The Morgan fingerprint density at radius 3 is 2.03 bits per heavy atom. The van der Waals surface area contributed by atoms with Gasteiger partial charge in [0.15, 0.2) is 0 Å². The zero-order chi connectivity index (χ0) is 21.2. The Labute approximate surface area is 174 Å². The van der Waals surface area contributed by atoms with Crippen molar-refractivity contribution in [2.75, 3.05) is 17.8 Å². The topological polar surface area (TPSA) is 127 Å². The molecular weight excluding hydrogens is 428 g/mol. The number of nitrogens with one attached hydrogen (secondary N) is 1. The van der Waals surface area contributed by atoms with Gasteiger partial charge in [0.05, 0.1) is 15.5 Å². The maximum Gasteiger partial charge on any atom is 0.261 e. The van der Waals surface area contributed by atoms with Crippen LogP contribution in [0.3, 0.4) is 0 Å². The Balaban J connectivity index is 1.50. The number of tetrazole rings is 1. The maximum atomic E-state index is 12.7. The van der Waals surface area contributed by atoms with E-state index < -0.39 is 20.0 Å². The lowest BCUT2D eigenvalue weighted by Gasteiger charge is -2.25. The molecule has 0 bridgehead atoms. The molecule has 30 heavy (non-hydrogen) atoms. The summed E-state index contributed by atoms with van der Waals surface area (Å²) in [5.74, 6) is 0. The molecule has 0 unspecified atom stereocenters. The average Bonchev–Trinajstić information content (AvgIpc) is 3.30. The van der Waals surface area contributed by atoms with Crippen LogP contribution in [0.2, 0.25) is 0 Å². The number of anilines is 1. The molecule has 1 N–H and O–H groups in total. The molecule has 1 aromatic heterocycles. The molecule has 0 atom stereocenters. The minimum atomic E-state index is -3.87. The van der Waals surface area contributed by atoms with Crippen LogP contribution >= 0.6 is 0 Å². The predicted molar refractivity (Wildman–Crippen MR) is 109 cm³/mol. The van der Waals surface area contributed by atoms with Crippen LogP contribution in [0.5, 0.6) is 0 Å². The maximum absolute atomic E-state index is 12.7. The van der Waals surface area contributed by atoms with Crippen LogP contribution in [0.1, 0.15) is 19.3 Å². The molecule has 0 aliphatic carbocycles. The second-order valence-corrected chi connectivity index (χ2v) is 10.5. The fourth-order valence-corrected chi connectivity index (χ4v) is 5.80. The Morgan fingerprint density at radius 2 is 1.43 bits per heavy atom. The number of nitrogens with zero attached hydrogens (tertiary/aromatic N) is 5. The summed E-state index contributed by atoms with van der Waals surface area (Å²) >= 11 is 0. The molecule has 10 nitrogen and oxygen atoms in total. The van der Waals surface area contributed by atoms with Crippen molar-refractivity contribution in [3.8, 4) is 5.69 Å². The van der Waals surface area contributed by atoms with Gasteiger partial charge in [-0.3, -0.25) is 4.72 Å². The zero-order valence-corrected chi connectivity index (χ0v) is 17.6. The van der Waals surface area contributed by atoms with E-state index in [9.17, 15) is 16.8 Å². The Kier molecular flexibility index (Phi) is 5.54. The van der Waals surface area contributed by atoms with Crippen LogP contribution in [0.25, 0.3) is 5.69 Å². The van der Waals surface area contributed by atoms with E-state index in [0.29, 0.717) is 24.5 Å². The van der Waals surface area contributed by atoms with Gasteiger partial charge in [-0.05, 0) is 71.8 Å². The van der Waals surface area contributed by atoms with Gasteiger partial charge in [-0.15, -0.1) is 5.10 Å². The third kappa shape index (κ3) is 4.20. The summed E-state index contributed by atoms with van der Waals surface area (Å²) in [5, 5.41) is 10.9. The first-order valence-electron chi connectivity index (χ1n) is 9.33. The minimum absolute atomic E-state index is 0.0235. The fraction of sp³-hybridized carbons (Fsp3) is 0.278. The monoisotopic (exact) mass is 448 g/mol. The summed E-state index contributed by atoms with van der Waals surface area (Å²) < 4.78 is 56.1. The summed E-state index contributed by atoms with van der Waals surface area (Å²) in [4.78, 5) is 0.0683. The highest BCUT2D eigenvalue weighted by atomic mass is 32.2. The highest BCUT2D eigenvalue weighted by Gasteiger charge is 2.26. The molecule has 1 aliphatic rings. The minimum Gasteiger partial charge on any atom is -0.280 e. The molecule has 0 amide bonds. The standard InChI is InChI=1S/C18H20N6O4S2/c25-29(26,20-15-4-6-16(7-5-15)24-14-19-21-22-24)17-8-10-18(11-9-17)30(27,28)23-12-2-1-3-13-23/h4-11,14,20H,1-3,12-13H2. The van der Waals surface area contributed by atoms with Crippen LogP contribution in [-0.2, 0) is 20.0 Å². The van der Waals surface area contributed by atoms with E-state index in [1.54, 1.807) is 24.3 Å². The smallest absolute Gasteiger partial charge is 0.261 e. The highest BCUT2D eigenvalue weighted by molar-refractivity contribution is 7.92. The van der Waals surface area contributed by atoms with E-state index in [4.69, 9.17) is 0 Å². The van der Waals surface area contributed by atoms with Crippen LogP contribution in [0, 0.1) is 0 Å². The van der Waals surface area contributed by atoms with Gasteiger partial charge in [-0.1, -0.05) is 6.42 Å². The largest absolute Gasteiger partial charge is 0.280 e. The second kappa shape index (κ2) is 8.13. The van der Waals surface area contributed by atoms with Crippen molar-refractivity contribution in [2.24, 2.45) is 0 Å². The van der Waals surface area contributed by atoms with E-state index in [1.807, 2.05) is 0 Å². The summed E-state index contributed by atoms with van der Waals surface area (Å²) in [6.45, 7) is 0.981. The van der Waals surface area contributed by atoms with E-state index in [2.05, 4.69) is 20.2 Å². The predicted octanol–water partition coefficient (Wildman–Crippen LogP) is 1.64. The molecule has 12 heteroatoms. The molecule has 2 heterocycles. The van der Waals surface area contributed by atoms with Crippen molar-refractivity contribution < 1.29 is 16.8 Å². The lowest BCUT2D eigenvalue weighted by atomic mass is 10.2. The molecule has 1 fully saturated rings. The lowest BCUT2D eigenvalue weighted by Crippen LogP contribution is -2.35. The third-order valence-corrected chi connectivity index (χ3v) is 8.13. The SMILES string of the molecule is O=S(=O)(Nc1ccc(-n2cnnn2)cc1)c1ccc(S(=O)(=O)N2CCCCC2)cc1. The molecular formula is C18H20N6O4S2. The number of hydrogen-bond donors (Lipinski definition) is 1. The molecule has 4 rings (SSSR count). The molecule has 1 saturated heterocycles. The first kappa shape index (κ1) is 20.4. The highest BCUT2D eigenvalue weighted by Crippen LogP contribution is 2.23. The van der Waals surface area contributed by atoms with Crippen molar-refractivity contribution in [3.63, 3.8) is 0 Å². The van der Waals surface area contributed by atoms with Crippen LogP contribution < -0.4 is 4.72 Å². The van der Waals surface area contributed by atoms with Gasteiger partial charge >= 0.3 is 0 Å². The van der Waals surface area contributed by atoms with Crippen LogP contribution in [0.15, 0.2) is 64.6 Å². The molecule has 0 spiro atoms. The summed E-state index contributed by atoms with van der Waals surface area (Å²) in [6, 6.07) is 11.8. The summed E-state index contributed by atoms with van der Waals surface area (Å²) in [6.07, 6.45) is 4.12. The van der Waals surface area contributed by atoms with Crippen LogP contribution in [-0.4, -0.2) is 54.4 Å². The van der Waals surface area contributed by atoms with Gasteiger partial charge in [-0.25, -0.2) is 21.5 Å². The number of rotatable bonds is 6. The molecule has 2 aromatic carbocycles. The number of sulfonamides is 2. The van der Waals surface area contributed by atoms with E-state index in [-0.39, 0.29) is 9.79 Å². The van der Waals surface area contributed by atoms with Gasteiger partial charge in [0, 0.05) is 18.8 Å². The average molecular weight is 449 g/mol. The molecule has 158 valence electrons. The van der Waals surface area contributed by atoms with Crippen molar-refractivity contribution in [2.45, 2.75) is 29.1 Å². The van der Waals surface area contributed by atoms with Crippen molar-refractivity contribution >= 4 is 25.7 Å². The summed E-state index contributed by atoms with van der Waals surface area (Å²) in [7, 11) is -7.48. The zero-order valence-electron chi connectivity index (χ0n) is 15.9. The van der Waals surface area contributed by atoms with E-state index >= 15 is 0 Å². The van der Waals surface area contributed by atoms with Gasteiger partial charge in [0.1, 0.15) is 6.33 Å². The number of aromatic nitrogens is 4. The van der Waals surface area contributed by atoms with Crippen molar-refractivity contribution in [1.29, 1.82) is 0 Å². The van der Waals surface area contributed by atoms with E-state index in [0.717, 1.165) is 19.3 Å².